The largest absolute Gasteiger partial charge is 0.361 e. The summed E-state index contributed by atoms with van der Waals surface area (Å²) in [5.41, 5.74) is 10.4. The van der Waals surface area contributed by atoms with Crippen molar-refractivity contribution in [1.82, 2.24) is 0 Å². The molecule has 0 aromatic heterocycles. The van der Waals surface area contributed by atoms with E-state index in [1.165, 1.54) is 6.08 Å². The monoisotopic (exact) mass is 440 g/mol. The molecule has 8 heteroatoms. The molecule has 0 bridgehead atoms. The highest BCUT2D eigenvalue weighted by molar-refractivity contribution is 7.99. The summed E-state index contributed by atoms with van der Waals surface area (Å²) in [6, 6.07) is 0. The molecule has 0 aliphatic heterocycles. The molecule has 0 spiro atoms. The Bertz CT molecular complexity index is 929. The lowest BCUT2D eigenvalue weighted by Crippen LogP contribution is -2.45. The molecular formula is C21H32N2O4S2. The summed E-state index contributed by atoms with van der Waals surface area (Å²) in [6.45, 7) is 1.96. The van der Waals surface area contributed by atoms with E-state index in [2.05, 4.69) is 4.79 Å². The quantitative estimate of drug-likeness (QED) is 0.457. The van der Waals surface area contributed by atoms with Crippen molar-refractivity contribution >= 4 is 25.4 Å². The van der Waals surface area contributed by atoms with Crippen molar-refractivity contribution in [3.63, 3.8) is 0 Å². The lowest BCUT2D eigenvalue weighted by atomic mass is 9.98. The van der Waals surface area contributed by atoms with E-state index < -0.39 is 35.4 Å². The molecule has 3 aliphatic carbocycles. The zero-order valence-corrected chi connectivity index (χ0v) is 18.8. The molecular weight excluding hydrogens is 408 g/mol. The number of nitrogens with zero attached hydrogens (tertiary/aromatic N) is 2. The third kappa shape index (κ3) is 4.44. The van der Waals surface area contributed by atoms with Gasteiger partial charge in [-0.25, -0.2) is 16.8 Å². The van der Waals surface area contributed by atoms with E-state index in [0.717, 1.165) is 44.9 Å². The van der Waals surface area contributed by atoms with Gasteiger partial charge in [0.2, 0.25) is 0 Å². The predicted octanol–water partition coefficient (Wildman–Crippen LogP) is 4.14. The Morgan fingerprint density at radius 1 is 0.897 bits per heavy atom. The average molecular weight is 441 g/mol. The van der Waals surface area contributed by atoms with E-state index in [4.69, 9.17) is 0 Å². The number of rotatable bonds is 6. The molecule has 6 nitrogen and oxygen atoms in total. The SMILES string of the molecule is CCCC1=CC=C(S(=O)(=O)C2CCCCC2)C(S(=O)(=O)C2CCCCC2)C1=[N+]=[N-]. The summed E-state index contributed by atoms with van der Waals surface area (Å²) >= 11 is 0. The van der Waals surface area contributed by atoms with Crippen LogP contribution in [-0.4, -0.2) is 43.1 Å². The summed E-state index contributed by atoms with van der Waals surface area (Å²) in [7, 11) is -7.64. The fourth-order valence-electron chi connectivity index (χ4n) is 4.97. The molecule has 1 atom stereocenters. The summed E-state index contributed by atoms with van der Waals surface area (Å²) in [6.07, 6.45) is 12.0. The predicted molar refractivity (Wildman–Crippen MR) is 115 cm³/mol. The summed E-state index contributed by atoms with van der Waals surface area (Å²) < 4.78 is 54.4. The van der Waals surface area contributed by atoms with Crippen LogP contribution in [0, 0.1) is 0 Å². The van der Waals surface area contributed by atoms with E-state index in [1.807, 2.05) is 6.92 Å². The Labute approximate surface area is 174 Å². The van der Waals surface area contributed by atoms with Crippen LogP contribution in [0.3, 0.4) is 0 Å². The van der Waals surface area contributed by atoms with Gasteiger partial charge in [0, 0.05) is 5.57 Å². The van der Waals surface area contributed by atoms with Gasteiger partial charge in [-0.3, -0.25) is 0 Å². The average Bonchev–Trinajstić information content (AvgIpc) is 2.74. The summed E-state index contributed by atoms with van der Waals surface area (Å²) in [4.78, 5) is 3.28. The van der Waals surface area contributed by atoms with Gasteiger partial charge in [0.15, 0.2) is 24.9 Å². The van der Waals surface area contributed by atoms with Crippen molar-refractivity contribution in [2.45, 2.75) is 99.7 Å². The molecule has 0 saturated heterocycles. The molecule has 2 fully saturated rings. The van der Waals surface area contributed by atoms with Gasteiger partial charge in [0.05, 0.1) is 15.4 Å². The molecule has 3 aliphatic rings. The van der Waals surface area contributed by atoms with E-state index in [9.17, 15) is 22.4 Å². The van der Waals surface area contributed by atoms with E-state index in [-0.39, 0.29) is 10.6 Å². The second kappa shape index (κ2) is 9.27. The van der Waals surface area contributed by atoms with Gasteiger partial charge in [-0.1, -0.05) is 57.9 Å². The van der Waals surface area contributed by atoms with Gasteiger partial charge in [0.1, 0.15) is 0 Å². The molecule has 3 rings (SSSR count). The Hall–Kier alpha value is -1.24. The van der Waals surface area contributed by atoms with Crippen molar-refractivity contribution < 1.29 is 21.6 Å². The normalized spacial score (nSPS) is 25.3. The van der Waals surface area contributed by atoms with Crippen LogP contribution in [0.2, 0.25) is 0 Å². The van der Waals surface area contributed by atoms with Gasteiger partial charge in [-0.15, -0.1) is 0 Å². The van der Waals surface area contributed by atoms with Crippen molar-refractivity contribution in [2.24, 2.45) is 0 Å². The van der Waals surface area contributed by atoms with Crippen LogP contribution < -0.4 is 0 Å². The minimum atomic E-state index is -3.85. The van der Waals surface area contributed by atoms with Crippen LogP contribution in [0.4, 0.5) is 0 Å². The molecule has 0 radical (unpaired) electrons. The molecule has 0 amide bonds. The third-order valence-corrected chi connectivity index (χ3v) is 11.6. The number of hydrogen-bond acceptors (Lipinski definition) is 4. The first-order valence-electron chi connectivity index (χ1n) is 10.9. The number of allylic oxidation sites excluding steroid dienone is 3. The molecule has 0 aromatic carbocycles. The van der Waals surface area contributed by atoms with E-state index >= 15 is 0 Å². The first-order chi connectivity index (χ1) is 13.8. The van der Waals surface area contributed by atoms with E-state index in [0.29, 0.717) is 37.7 Å². The zero-order valence-electron chi connectivity index (χ0n) is 17.2. The van der Waals surface area contributed by atoms with Gasteiger partial charge >= 0.3 is 5.71 Å². The van der Waals surface area contributed by atoms with Crippen LogP contribution in [0.25, 0.3) is 5.53 Å². The van der Waals surface area contributed by atoms with Crippen LogP contribution in [0.5, 0.6) is 0 Å². The lowest BCUT2D eigenvalue weighted by molar-refractivity contribution is -0.00655. The van der Waals surface area contributed by atoms with Crippen molar-refractivity contribution in [2.75, 3.05) is 0 Å². The molecule has 2 saturated carbocycles. The maximum atomic E-state index is 13.7. The highest BCUT2D eigenvalue weighted by atomic mass is 32.2. The van der Waals surface area contributed by atoms with Crippen molar-refractivity contribution in [1.29, 1.82) is 0 Å². The highest BCUT2D eigenvalue weighted by Crippen LogP contribution is 2.38. The second-order valence-corrected chi connectivity index (χ2v) is 13.1. The van der Waals surface area contributed by atoms with Crippen LogP contribution >= 0.6 is 0 Å². The zero-order chi connectivity index (χ0) is 21.1. The number of hydrogen-bond donors (Lipinski definition) is 0. The molecule has 162 valence electrons. The maximum absolute atomic E-state index is 13.7. The second-order valence-electron chi connectivity index (χ2n) is 8.53. The highest BCUT2D eigenvalue weighted by Gasteiger charge is 2.51. The Morgan fingerprint density at radius 2 is 1.45 bits per heavy atom. The Morgan fingerprint density at radius 3 is 1.97 bits per heavy atom. The molecule has 29 heavy (non-hydrogen) atoms. The van der Waals surface area contributed by atoms with Crippen molar-refractivity contribution in [3.8, 4) is 0 Å². The minimum absolute atomic E-state index is 0.00862. The Kier molecular flexibility index (Phi) is 7.18. The van der Waals surface area contributed by atoms with Crippen LogP contribution in [0.15, 0.2) is 22.6 Å². The van der Waals surface area contributed by atoms with Crippen LogP contribution in [-0.2, 0) is 19.7 Å². The summed E-state index contributed by atoms with van der Waals surface area (Å²) in [5.74, 6) is 0. The Balaban J connectivity index is 2.11. The fraction of sp³-hybridized carbons (Fsp3) is 0.762. The third-order valence-electron chi connectivity index (χ3n) is 6.58. The number of sulfone groups is 2. The van der Waals surface area contributed by atoms with Crippen LogP contribution in [0.1, 0.15) is 84.0 Å². The fourth-order valence-corrected chi connectivity index (χ4v) is 10.1. The molecule has 0 heterocycles. The van der Waals surface area contributed by atoms with Crippen molar-refractivity contribution in [3.05, 3.63) is 28.2 Å². The molecule has 1 unspecified atom stereocenters. The maximum Gasteiger partial charge on any atom is 0.318 e. The topological polar surface area (TPSA) is 105 Å². The summed E-state index contributed by atoms with van der Waals surface area (Å²) in [5, 5.41) is -2.51. The first-order valence-corrected chi connectivity index (χ1v) is 14.1. The van der Waals surface area contributed by atoms with Gasteiger partial charge in [0.25, 0.3) is 0 Å². The lowest BCUT2D eigenvalue weighted by Gasteiger charge is -2.30. The first kappa shape index (κ1) is 22.4. The molecule has 0 aromatic rings. The van der Waals surface area contributed by atoms with Gasteiger partial charge in [-0.05, 0) is 38.2 Å². The van der Waals surface area contributed by atoms with Gasteiger partial charge < -0.3 is 5.53 Å². The van der Waals surface area contributed by atoms with E-state index in [1.54, 1.807) is 6.08 Å². The standard InChI is InChI=1S/C21H32N2O4S2/c1-2-9-16-14-15-19(28(24,25)17-10-5-3-6-11-17)21(20(16)23-22)29(26,27)18-12-7-4-8-13-18/h14-15,17-18,21H,2-13H2,1H3. The molecule has 0 N–H and O–H groups in total. The van der Waals surface area contributed by atoms with Gasteiger partial charge in [-0.2, -0.15) is 4.79 Å². The smallest absolute Gasteiger partial charge is 0.318 e. The minimum Gasteiger partial charge on any atom is -0.361 e.